The van der Waals surface area contributed by atoms with Gasteiger partial charge in [-0.2, -0.15) is 0 Å². The summed E-state index contributed by atoms with van der Waals surface area (Å²) in [6.07, 6.45) is 1.91. The molecular formula is C19H21F2NO4. The highest BCUT2D eigenvalue weighted by molar-refractivity contribution is 5.95. The number of halogens is 2. The van der Waals surface area contributed by atoms with E-state index >= 15 is 0 Å². The highest BCUT2D eigenvalue weighted by atomic mass is 19.3. The molecule has 0 aliphatic heterocycles. The number of hydrogen-bond acceptors (Lipinski definition) is 5. The number of aryl methyl sites for hydroxylation is 1. The molecule has 140 valence electrons. The molecule has 0 saturated heterocycles. The molecule has 1 saturated carbocycles. The van der Waals surface area contributed by atoms with Gasteiger partial charge in [0, 0.05) is 31.6 Å². The highest BCUT2D eigenvalue weighted by Gasteiger charge is 2.37. The summed E-state index contributed by atoms with van der Waals surface area (Å²) in [4.78, 5) is 28.5. The molecule has 26 heavy (non-hydrogen) atoms. The van der Waals surface area contributed by atoms with E-state index in [1.54, 1.807) is 7.11 Å². The van der Waals surface area contributed by atoms with Gasteiger partial charge in [-0.25, -0.2) is 13.6 Å². The van der Waals surface area contributed by atoms with Crippen molar-refractivity contribution in [2.24, 2.45) is 11.8 Å². The number of ether oxygens (including phenoxy) is 2. The summed E-state index contributed by atoms with van der Waals surface area (Å²) in [7, 11) is 1.54. The number of hydrogen-bond donors (Lipinski definition) is 0. The van der Waals surface area contributed by atoms with E-state index < -0.39 is 12.4 Å². The molecule has 0 amide bonds. The molecule has 0 aromatic carbocycles. The number of carbonyl (C=O) groups excluding carboxylic acids is 2. The second-order valence-electron chi connectivity index (χ2n) is 6.67. The van der Waals surface area contributed by atoms with Crippen LogP contribution in [0.25, 0.3) is 0 Å². The van der Waals surface area contributed by atoms with Crippen LogP contribution < -0.4 is 0 Å². The molecule has 0 spiro atoms. The number of nitrogens with zero attached hydrogens (tertiary/aromatic N) is 1. The fraction of sp³-hybridized carbons (Fsp3) is 0.526. The van der Waals surface area contributed by atoms with Crippen LogP contribution in [0, 0.1) is 11.8 Å². The van der Waals surface area contributed by atoms with Gasteiger partial charge in [0.25, 0.3) is 6.43 Å². The molecule has 3 rings (SSSR count). The smallest absolute Gasteiger partial charge is 0.345 e. The van der Waals surface area contributed by atoms with Crippen LogP contribution in [0.1, 0.15) is 53.9 Å². The summed E-state index contributed by atoms with van der Waals surface area (Å²) >= 11 is 0. The first-order chi connectivity index (χ1) is 12.5. The second-order valence-corrected chi connectivity index (χ2v) is 6.67. The monoisotopic (exact) mass is 365 g/mol. The van der Waals surface area contributed by atoms with Crippen molar-refractivity contribution in [3.63, 3.8) is 0 Å². The van der Waals surface area contributed by atoms with E-state index in [-0.39, 0.29) is 34.6 Å². The molecule has 1 aromatic heterocycles. The SMILES string of the molecule is COCCCc1nc(C(F)F)ccc1C(=O)OC1=CC(=O)C2CCC1C2. The molecule has 1 aromatic rings. The van der Waals surface area contributed by atoms with E-state index in [1.165, 1.54) is 12.1 Å². The second kappa shape index (κ2) is 8.03. The Morgan fingerprint density at radius 1 is 1.31 bits per heavy atom. The minimum atomic E-state index is -2.71. The van der Waals surface area contributed by atoms with Gasteiger partial charge in [-0.15, -0.1) is 0 Å². The first kappa shape index (κ1) is 18.6. The molecule has 2 aliphatic rings. The van der Waals surface area contributed by atoms with Crippen LogP contribution in [0.4, 0.5) is 8.78 Å². The number of pyridine rings is 1. The predicted octanol–water partition coefficient (Wildman–Crippen LogP) is 3.64. The number of ketones is 1. The first-order valence-corrected chi connectivity index (χ1v) is 8.74. The highest BCUT2D eigenvalue weighted by Crippen LogP contribution is 2.41. The van der Waals surface area contributed by atoms with Gasteiger partial charge in [-0.1, -0.05) is 0 Å². The Bertz CT molecular complexity index is 732. The third-order valence-corrected chi connectivity index (χ3v) is 4.93. The third-order valence-electron chi connectivity index (χ3n) is 4.93. The zero-order valence-electron chi connectivity index (χ0n) is 14.5. The van der Waals surface area contributed by atoms with E-state index in [9.17, 15) is 18.4 Å². The van der Waals surface area contributed by atoms with Crippen LogP contribution in [-0.2, 0) is 20.7 Å². The Hall–Kier alpha value is -2.15. The Balaban J connectivity index is 1.80. The summed E-state index contributed by atoms with van der Waals surface area (Å²) in [5.74, 6) is -0.163. The number of allylic oxidation sites excluding steroid dienone is 2. The van der Waals surface area contributed by atoms with E-state index in [1.807, 2.05) is 0 Å². The first-order valence-electron chi connectivity index (χ1n) is 8.74. The summed E-state index contributed by atoms with van der Waals surface area (Å²) in [5.41, 5.74) is 0.0375. The van der Waals surface area contributed by atoms with Gasteiger partial charge in [0.2, 0.25) is 0 Å². The van der Waals surface area contributed by atoms with Crippen LogP contribution in [0.3, 0.4) is 0 Å². The van der Waals surface area contributed by atoms with Crippen LogP contribution >= 0.6 is 0 Å². The third kappa shape index (κ3) is 3.98. The van der Waals surface area contributed by atoms with Gasteiger partial charge >= 0.3 is 5.97 Å². The van der Waals surface area contributed by atoms with Crippen molar-refractivity contribution in [2.45, 2.75) is 38.5 Å². The standard InChI is InChI=1S/C19H21F2NO4/c1-25-8-2-3-14-13(6-7-15(22-14)18(20)21)19(24)26-17-10-16(23)11-4-5-12(17)9-11/h6-7,10-12,18H,2-5,8-9H2,1H3. The number of carbonyl (C=O) groups is 2. The molecule has 2 atom stereocenters. The summed E-state index contributed by atoms with van der Waals surface area (Å²) < 4.78 is 36.3. The van der Waals surface area contributed by atoms with Crippen molar-refractivity contribution < 1.29 is 27.8 Å². The van der Waals surface area contributed by atoms with Crippen LogP contribution in [0.15, 0.2) is 24.0 Å². The lowest BCUT2D eigenvalue weighted by Gasteiger charge is -2.19. The minimum Gasteiger partial charge on any atom is -0.427 e. The molecule has 2 unspecified atom stereocenters. The largest absolute Gasteiger partial charge is 0.427 e. The van der Waals surface area contributed by atoms with Crippen molar-refractivity contribution in [1.82, 2.24) is 4.98 Å². The van der Waals surface area contributed by atoms with E-state index in [0.29, 0.717) is 31.6 Å². The zero-order chi connectivity index (χ0) is 18.7. The average Bonchev–Trinajstić information content (AvgIpc) is 3.06. The van der Waals surface area contributed by atoms with Gasteiger partial charge < -0.3 is 9.47 Å². The maximum Gasteiger partial charge on any atom is 0.345 e. The van der Waals surface area contributed by atoms with E-state index in [4.69, 9.17) is 9.47 Å². The number of fused-ring (bicyclic) bond motifs is 2. The molecule has 2 bridgehead atoms. The molecular weight excluding hydrogens is 344 g/mol. The molecule has 7 heteroatoms. The number of rotatable bonds is 7. The van der Waals surface area contributed by atoms with Gasteiger partial charge in [-0.3, -0.25) is 9.78 Å². The predicted molar refractivity (Wildman–Crippen MR) is 88.7 cm³/mol. The fourth-order valence-corrected chi connectivity index (χ4v) is 3.55. The van der Waals surface area contributed by atoms with Gasteiger partial charge in [-0.05, 0) is 44.2 Å². The number of alkyl halides is 2. The maximum absolute atomic E-state index is 12.9. The summed E-state index contributed by atoms with van der Waals surface area (Å²) in [6.45, 7) is 0.429. The van der Waals surface area contributed by atoms with Gasteiger partial charge in [0.05, 0.1) is 11.3 Å². The average molecular weight is 365 g/mol. The fourth-order valence-electron chi connectivity index (χ4n) is 3.55. The molecule has 0 radical (unpaired) electrons. The Morgan fingerprint density at radius 2 is 2.08 bits per heavy atom. The lowest BCUT2D eigenvalue weighted by molar-refractivity contribution is -0.118. The molecule has 0 N–H and O–H groups in total. The molecule has 5 nitrogen and oxygen atoms in total. The molecule has 2 aliphatic carbocycles. The minimum absolute atomic E-state index is 0.00644. The van der Waals surface area contributed by atoms with Crippen molar-refractivity contribution in [1.29, 1.82) is 0 Å². The quantitative estimate of drug-likeness (QED) is 0.545. The topological polar surface area (TPSA) is 65.5 Å². The van der Waals surface area contributed by atoms with Crippen molar-refractivity contribution in [3.8, 4) is 0 Å². The Morgan fingerprint density at radius 3 is 2.81 bits per heavy atom. The van der Waals surface area contributed by atoms with E-state index in [0.717, 1.165) is 18.9 Å². The van der Waals surface area contributed by atoms with Gasteiger partial charge in [0.1, 0.15) is 11.5 Å². The van der Waals surface area contributed by atoms with Crippen molar-refractivity contribution in [2.75, 3.05) is 13.7 Å². The number of aromatic nitrogens is 1. The van der Waals surface area contributed by atoms with Crippen LogP contribution in [0.5, 0.6) is 0 Å². The number of methoxy groups -OCH3 is 1. The van der Waals surface area contributed by atoms with Crippen molar-refractivity contribution >= 4 is 11.8 Å². The normalized spacial score (nSPS) is 21.8. The van der Waals surface area contributed by atoms with E-state index in [2.05, 4.69) is 4.98 Å². The summed E-state index contributed by atoms with van der Waals surface area (Å²) in [5, 5.41) is 0. The Kier molecular flexibility index (Phi) is 5.76. The van der Waals surface area contributed by atoms with Crippen LogP contribution in [-0.4, -0.2) is 30.5 Å². The lowest BCUT2D eigenvalue weighted by atomic mass is 9.93. The maximum atomic E-state index is 12.9. The summed E-state index contributed by atoms with van der Waals surface area (Å²) in [6, 6.07) is 2.45. The molecule has 1 fully saturated rings. The van der Waals surface area contributed by atoms with Crippen molar-refractivity contribution in [3.05, 3.63) is 40.9 Å². The van der Waals surface area contributed by atoms with Gasteiger partial charge in [0.15, 0.2) is 5.78 Å². The van der Waals surface area contributed by atoms with Crippen LogP contribution in [0.2, 0.25) is 0 Å². The lowest BCUT2D eigenvalue weighted by Crippen LogP contribution is -2.20. The Labute approximate surface area is 150 Å². The molecule has 1 heterocycles. The zero-order valence-corrected chi connectivity index (χ0v) is 14.5. The number of esters is 1.